The van der Waals surface area contributed by atoms with Gasteiger partial charge in [-0.2, -0.15) is 0 Å². The van der Waals surface area contributed by atoms with Crippen molar-refractivity contribution in [2.75, 3.05) is 6.61 Å². The number of rotatable bonds is 5. The van der Waals surface area contributed by atoms with Gasteiger partial charge in [0.2, 0.25) is 0 Å². The molecular formula is C13H16O2. The van der Waals surface area contributed by atoms with Crippen molar-refractivity contribution in [1.82, 2.24) is 0 Å². The van der Waals surface area contributed by atoms with Crippen LogP contribution in [0.5, 0.6) is 0 Å². The Bertz CT molecular complexity index is 342. The molecule has 0 atom stereocenters. The molecule has 0 unspecified atom stereocenters. The predicted octanol–water partition coefficient (Wildman–Crippen LogP) is 2.52. The Balaban J connectivity index is 2.63. The second-order valence-electron chi connectivity index (χ2n) is 3.27. The number of aryl methyl sites for hydroxylation is 1. The van der Waals surface area contributed by atoms with Crippen molar-refractivity contribution in [2.24, 2.45) is 0 Å². The molecule has 2 nitrogen and oxygen atoms in total. The lowest BCUT2D eigenvalue weighted by atomic mass is 10.0. The molecule has 0 bridgehead atoms. The van der Waals surface area contributed by atoms with Gasteiger partial charge >= 0.3 is 5.97 Å². The first kappa shape index (κ1) is 11.5. The average molecular weight is 204 g/mol. The van der Waals surface area contributed by atoms with E-state index in [1.165, 1.54) is 5.56 Å². The van der Waals surface area contributed by atoms with Crippen molar-refractivity contribution in [3.63, 3.8) is 0 Å². The van der Waals surface area contributed by atoms with E-state index in [9.17, 15) is 4.79 Å². The highest BCUT2D eigenvalue weighted by molar-refractivity contribution is 5.73. The summed E-state index contributed by atoms with van der Waals surface area (Å²) in [4.78, 5) is 11.4. The molecule has 0 spiro atoms. The first-order valence-electron chi connectivity index (χ1n) is 5.11. The molecule has 0 aliphatic carbocycles. The molecule has 0 saturated heterocycles. The van der Waals surface area contributed by atoms with Crippen LogP contribution in [0.25, 0.3) is 0 Å². The van der Waals surface area contributed by atoms with E-state index in [-0.39, 0.29) is 12.6 Å². The van der Waals surface area contributed by atoms with Gasteiger partial charge in [-0.15, -0.1) is 0 Å². The van der Waals surface area contributed by atoms with Gasteiger partial charge in [0, 0.05) is 0 Å². The molecule has 0 radical (unpaired) electrons. The predicted molar refractivity (Wildman–Crippen MR) is 60.7 cm³/mol. The number of hydrogen-bond donors (Lipinski definition) is 0. The zero-order chi connectivity index (χ0) is 11.1. The van der Waals surface area contributed by atoms with Gasteiger partial charge < -0.3 is 4.74 Å². The van der Waals surface area contributed by atoms with Crippen LogP contribution in [0, 0.1) is 0 Å². The Kier molecular flexibility index (Phi) is 4.61. The number of hydrogen-bond acceptors (Lipinski definition) is 2. The maximum absolute atomic E-state index is 11.4. The maximum Gasteiger partial charge on any atom is 0.310 e. The highest BCUT2D eigenvalue weighted by Crippen LogP contribution is 2.10. The highest BCUT2D eigenvalue weighted by Gasteiger charge is 2.06. The molecule has 0 fully saturated rings. The van der Waals surface area contributed by atoms with E-state index in [0.717, 1.165) is 12.0 Å². The zero-order valence-corrected chi connectivity index (χ0v) is 9.03. The lowest BCUT2D eigenvalue weighted by Crippen LogP contribution is -2.09. The van der Waals surface area contributed by atoms with Crippen LogP contribution in [0.4, 0.5) is 0 Å². The summed E-state index contributed by atoms with van der Waals surface area (Å²) in [6.45, 7) is 5.86. The normalized spacial score (nSPS) is 9.67. The number of esters is 1. The number of ether oxygens (including phenoxy) is 1. The van der Waals surface area contributed by atoms with Crippen molar-refractivity contribution < 1.29 is 9.53 Å². The Morgan fingerprint density at radius 2 is 2.07 bits per heavy atom. The average Bonchev–Trinajstić information content (AvgIpc) is 2.27. The van der Waals surface area contributed by atoms with E-state index in [1.807, 2.05) is 24.3 Å². The van der Waals surface area contributed by atoms with Crippen molar-refractivity contribution >= 4 is 5.97 Å². The first-order chi connectivity index (χ1) is 7.27. The molecule has 1 rings (SSSR count). The van der Waals surface area contributed by atoms with Crippen molar-refractivity contribution in [1.29, 1.82) is 0 Å². The van der Waals surface area contributed by atoms with Gasteiger partial charge in [0.15, 0.2) is 0 Å². The molecule has 0 saturated carbocycles. The van der Waals surface area contributed by atoms with Gasteiger partial charge in [-0.3, -0.25) is 4.79 Å². The molecule has 15 heavy (non-hydrogen) atoms. The largest absolute Gasteiger partial charge is 0.461 e. The number of carbonyl (C=O) groups excluding carboxylic acids is 1. The molecule has 2 heteroatoms. The molecule has 0 aliphatic heterocycles. The summed E-state index contributed by atoms with van der Waals surface area (Å²) in [6, 6.07) is 7.93. The minimum absolute atomic E-state index is 0.198. The van der Waals surface area contributed by atoms with E-state index >= 15 is 0 Å². The third-order valence-electron chi connectivity index (χ3n) is 2.20. The lowest BCUT2D eigenvalue weighted by Gasteiger charge is -2.06. The van der Waals surface area contributed by atoms with Crippen molar-refractivity contribution in [3.8, 4) is 0 Å². The standard InChI is InChI=1S/C13H16O2/c1-3-9-15-13(14)10-12-8-6-5-7-11(12)4-2/h3,5-8H,1,4,9-10H2,2H3. The monoisotopic (exact) mass is 204 g/mol. The van der Waals surface area contributed by atoms with Crippen LogP contribution in [-0.4, -0.2) is 12.6 Å². The molecule has 0 aromatic heterocycles. The lowest BCUT2D eigenvalue weighted by molar-refractivity contribution is -0.141. The number of carbonyl (C=O) groups is 1. The van der Waals surface area contributed by atoms with Crippen LogP contribution in [0.2, 0.25) is 0 Å². The number of benzene rings is 1. The quantitative estimate of drug-likeness (QED) is 0.544. The third-order valence-corrected chi connectivity index (χ3v) is 2.20. The Labute approximate surface area is 90.6 Å². The van der Waals surface area contributed by atoms with E-state index in [2.05, 4.69) is 13.5 Å². The van der Waals surface area contributed by atoms with E-state index < -0.39 is 0 Å². The summed E-state index contributed by atoms with van der Waals surface area (Å²) in [7, 11) is 0. The Morgan fingerprint density at radius 3 is 2.67 bits per heavy atom. The van der Waals surface area contributed by atoms with Gasteiger partial charge in [0.05, 0.1) is 6.42 Å². The van der Waals surface area contributed by atoms with Crippen LogP contribution in [0.3, 0.4) is 0 Å². The molecule has 0 amide bonds. The maximum atomic E-state index is 11.4. The SMILES string of the molecule is C=CCOC(=O)Cc1ccccc1CC. The van der Waals surface area contributed by atoms with Crippen LogP contribution in [0.1, 0.15) is 18.1 Å². The topological polar surface area (TPSA) is 26.3 Å². The zero-order valence-electron chi connectivity index (χ0n) is 9.03. The second-order valence-corrected chi connectivity index (χ2v) is 3.27. The van der Waals surface area contributed by atoms with Crippen molar-refractivity contribution in [2.45, 2.75) is 19.8 Å². The van der Waals surface area contributed by atoms with E-state index in [0.29, 0.717) is 6.42 Å². The minimum Gasteiger partial charge on any atom is -0.461 e. The molecule has 80 valence electrons. The van der Waals surface area contributed by atoms with Gasteiger partial charge in [-0.1, -0.05) is 43.8 Å². The van der Waals surface area contributed by atoms with Crippen molar-refractivity contribution in [3.05, 3.63) is 48.0 Å². The molecule has 0 aliphatic rings. The van der Waals surface area contributed by atoms with Crippen LogP contribution < -0.4 is 0 Å². The first-order valence-corrected chi connectivity index (χ1v) is 5.11. The summed E-state index contributed by atoms with van der Waals surface area (Å²) in [6.07, 6.45) is 2.85. The van der Waals surface area contributed by atoms with Crippen LogP contribution in [-0.2, 0) is 22.4 Å². The van der Waals surface area contributed by atoms with Crippen LogP contribution in [0.15, 0.2) is 36.9 Å². The fourth-order valence-electron chi connectivity index (χ4n) is 1.43. The molecule has 1 aromatic carbocycles. The fourth-order valence-corrected chi connectivity index (χ4v) is 1.43. The van der Waals surface area contributed by atoms with Gasteiger partial charge in [-0.05, 0) is 17.5 Å². The van der Waals surface area contributed by atoms with Gasteiger partial charge in [0.1, 0.15) is 6.61 Å². The molecule has 0 heterocycles. The summed E-state index contributed by atoms with van der Waals surface area (Å²) in [5.74, 6) is -0.198. The Hall–Kier alpha value is -1.57. The van der Waals surface area contributed by atoms with Crippen LogP contribution >= 0.6 is 0 Å². The second kappa shape index (κ2) is 6.02. The Morgan fingerprint density at radius 1 is 1.40 bits per heavy atom. The minimum atomic E-state index is -0.198. The smallest absolute Gasteiger partial charge is 0.310 e. The summed E-state index contributed by atoms with van der Waals surface area (Å²) in [5.41, 5.74) is 2.25. The summed E-state index contributed by atoms with van der Waals surface area (Å²) < 4.78 is 4.94. The van der Waals surface area contributed by atoms with E-state index in [1.54, 1.807) is 6.08 Å². The fraction of sp³-hybridized carbons (Fsp3) is 0.308. The summed E-state index contributed by atoms with van der Waals surface area (Å²) >= 11 is 0. The molecular weight excluding hydrogens is 188 g/mol. The van der Waals surface area contributed by atoms with E-state index in [4.69, 9.17) is 4.74 Å². The highest BCUT2D eigenvalue weighted by atomic mass is 16.5. The summed E-state index contributed by atoms with van der Waals surface area (Å²) in [5, 5.41) is 0. The van der Waals surface area contributed by atoms with Gasteiger partial charge in [0.25, 0.3) is 0 Å². The third kappa shape index (κ3) is 3.58. The van der Waals surface area contributed by atoms with Gasteiger partial charge in [-0.25, -0.2) is 0 Å². The molecule has 1 aromatic rings. The molecule has 0 N–H and O–H groups in total.